The van der Waals surface area contributed by atoms with Gasteiger partial charge in [-0.1, -0.05) is 168 Å². The van der Waals surface area contributed by atoms with Gasteiger partial charge in [-0.3, -0.25) is 0 Å². The van der Waals surface area contributed by atoms with E-state index in [9.17, 15) is 0 Å². The largest absolute Gasteiger partial charge is 0.385 e. The second-order valence-electron chi connectivity index (χ2n) is 15.2. The summed E-state index contributed by atoms with van der Waals surface area (Å²) in [6.07, 6.45) is 40.8. The average molecular weight is 666 g/mol. The molecule has 0 N–H and O–H groups in total. The van der Waals surface area contributed by atoms with Crippen LogP contribution in [0.3, 0.4) is 0 Å². The van der Waals surface area contributed by atoms with Gasteiger partial charge in [0.1, 0.15) is 0 Å². The summed E-state index contributed by atoms with van der Waals surface area (Å²) in [4.78, 5) is 8.17. The predicted octanol–water partition coefficient (Wildman–Crippen LogP) is 12.5. The second-order valence-corrected chi connectivity index (χ2v) is 15.2. The Kier molecular flexibility index (Phi) is 40.1. The molecule has 0 fully saturated rings. The first kappa shape index (κ1) is 46.8. The summed E-state index contributed by atoms with van der Waals surface area (Å²) < 4.78 is 5.37. The van der Waals surface area contributed by atoms with Crippen LogP contribution in [0.4, 0.5) is 0 Å². The lowest BCUT2D eigenvalue weighted by Crippen LogP contribution is -2.32. The zero-order chi connectivity index (χ0) is 34.3. The van der Waals surface area contributed by atoms with Crippen molar-refractivity contribution in [1.82, 2.24) is 14.7 Å². The maximum Gasteiger partial charge on any atom is 0.0474 e. The van der Waals surface area contributed by atoms with Crippen LogP contribution in [0.25, 0.3) is 0 Å². The van der Waals surface area contributed by atoms with Gasteiger partial charge in [-0.05, 0) is 91.4 Å². The van der Waals surface area contributed by atoms with Crippen molar-refractivity contribution >= 4 is 0 Å². The molecule has 0 rings (SSSR count). The normalized spacial score (nSPS) is 12.0. The Morgan fingerprint density at radius 1 is 0.298 bits per heavy atom. The van der Waals surface area contributed by atoms with Gasteiger partial charge in [-0.15, -0.1) is 0 Å². The van der Waals surface area contributed by atoms with Crippen LogP contribution < -0.4 is 0 Å². The third-order valence-corrected chi connectivity index (χ3v) is 10.3. The van der Waals surface area contributed by atoms with E-state index in [4.69, 9.17) is 4.74 Å². The maximum absolute atomic E-state index is 5.37. The maximum atomic E-state index is 5.37. The van der Waals surface area contributed by atoms with Crippen molar-refractivity contribution in [3.05, 3.63) is 0 Å². The molecule has 0 aliphatic rings. The number of hydrogen-bond donors (Lipinski definition) is 0. The lowest BCUT2D eigenvalue weighted by molar-refractivity contribution is 0.167. The molecule has 0 saturated carbocycles. The summed E-state index contributed by atoms with van der Waals surface area (Å²) in [7, 11) is 4.20. The quantitative estimate of drug-likeness (QED) is 0.0605. The van der Waals surface area contributed by atoms with Gasteiger partial charge in [-0.25, -0.2) is 0 Å². The summed E-state index contributed by atoms with van der Waals surface area (Å²) in [5.41, 5.74) is 0. The fourth-order valence-corrected chi connectivity index (χ4v) is 7.11. The molecule has 0 heterocycles. The lowest BCUT2D eigenvalue weighted by Gasteiger charge is -2.26. The second kappa shape index (κ2) is 40.3. The summed E-state index contributed by atoms with van der Waals surface area (Å²) in [6, 6.07) is 0. The number of ether oxygens (including phenoxy) is 1. The molecular formula is C43H91N3O. The molecule has 0 amide bonds. The zero-order valence-electron chi connectivity index (χ0n) is 33.6. The SMILES string of the molecule is CCCCCCCCCCCN(CCCCCCCCCCC)CCCN(C)CCCN(CCCCCCCCCC)CCCOC. The molecule has 0 aromatic rings. The van der Waals surface area contributed by atoms with Crippen molar-refractivity contribution in [3.63, 3.8) is 0 Å². The molecule has 0 aromatic carbocycles. The first-order valence-electron chi connectivity index (χ1n) is 21.8. The Balaban J connectivity index is 4.33. The van der Waals surface area contributed by atoms with Gasteiger partial charge in [0, 0.05) is 20.3 Å². The minimum Gasteiger partial charge on any atom is -0.385 e. The van der Waals surface area contributed by atoms with Crippen molar-refractivity contribution in [3.8, 4) is 0 Å². The number of methoxy groups -OCH3 is 1. The van der Waals surface area contributed by atoms with Gasteiger partial charge in [0.05, 0.1) is 0 Å². The molecule has 0 atom stereocenters. The van der Waals surface area contributed by atoms with Crippen molar-refractivity contribution in [2.45, 2.75) is 207 Å². The topological polar surface area (TPSA) is 19.0 Å². The van der Waals surface area contributed by atoms with Gasteiger partial charge in [0.2, 0.25) is 0 Å². The molecule has 0 radical (unpaired) electrons. The van der Waals surface area contributed by atoms with Crippen LogP contribution in [-0.2, 0) is 4.74 Å². The van der Waals surface area contributed by atoms with Crippen LogP contribution in [0.1, 0.15) is 207 Å². The van der Waals surface area contributed by atoms with E-state index in [1.54, 1.807) is 0 Å². The van der Waals surface area contributed by atoms with E-state index in [0.29, 0.717) is 0 Å². The number of unbranched alkanes of at least 4 members (excludes halogenated alkanes) is 23. The molecule has 0 aromatic heterocycles. The van der Waals surface area contributed by atoms with Crippen LogP contribution in [0.15, 0.2) is 0 Å². The van der Waals surface area contributed by atoms with Crippen LogP contribution in [0, 0.1) is 0 Å². The van der Waals surface area contributed by atoms with E-state index in [-0.39, 0.29) is 0 Å². The third-order valence-electron chi connectivity index (χ3n) is 10.3. The fraction of sp³-hybridized carbons (Fsp3) is 1.00. The molecule has 0 saturated heterocycles. The molecule has 4 nitrogen and oxygen atoms in total. The van der Waals surface area contributed by atoms with E-state index < -0.39 is 0 Å². The molecule has 0 bridgehead atoms. The molecule has 47 heavy (non-hydrogen) atoms. The predicted molar refractivity (Wildman–Crippen MR) is 213 cm³/mol. The highest BCUT2D eigenvalue weighted by Crippen LogP contribution is 2.13. The van der Waals surface area contributed by atoms with Crippen molar-refractivity contribution in [1.29, 1.82) is 0 Å². The fourth-order valence-electron chi connectivity index (χ4n) is 7.11. The van der Waals surface area contributed by atoms with E-state index in [0.717, 1.165) is 13.0 Å². The van der Waals surface area contributed by atoms with Crippen molar-refractivity contribution in [2.24, 2.45) is 0 Å². The van der Waals surface area contributed by atoms with Crippen LogP contribution in [0.5, 0.6) is 0 Å². The average Bonchev–Trinajstić information content (AvgIpc) is 3.07. The Hall–Kier alpha value is -0.160. The van der Waals surface area contributed by atoms with Gasteiger partial charge >= 0.3 is 0 Å². The molecule has 0 unspecified atom stereocenters. The van der Waals surface area contributed by atoms with E-state index in [2.05, 4.69) is 42.5 Å². The van der Waals surface area contributed by atoms with Gasteiger partial charge in [-0.2, -0.15) is 0 Å². The standard InChI is InChI=1S/C43H91N3O/c1-6-9-12-15-18-21-24-27-29-37-45(38-30-28-25-22-19-16-13-10-7-2)40-32-35-44(4)36-33-41-46(42-34-43-47-5)39-31-26-23-20-17-14-11-8-3/h6-43H2,1-5H3. The summed E-state index contributed by atoms with van der Waals surface area (Å²) in [6.45, 7) is 18.0. The van der Waals surface area contributed by atoms with E-state index >= 15 is 0 Å². The van der Waals surface area contributed by atoms with Gasteiger partial charge in [0.15, 0.2) is 0 Å². The minimum absolute atomic E-state index is 0.891. The van der Waals surface area contributed by atoms with Crippen molar-refractivity contribution < 1.29 is 4.74 Å². The summed E-state index contributed by atoms with van der Waals surface area (Å²) in [5.74, 6) is 0. The summed E-state index contributed by atoms with van der Waals surface area (Å²) >= 11 is 0. The highest BCUT2D eigenvalue weighted by Gasteiger charge is 2.09. The molecule has 0 spiro atoms. The number of nitrogens with zero attached hydrogens (tertiary/aromatic N) is 3. The highest BCUT2D eigenvalue weighted by atomic mass is 16.5. The smallest absolute Gasteiger partial charge is 0.0474 e. The Bertz CT molecular complexity index is 537. The van der Waals surface area contributed by atoms with Gasteiger partial charge < -0.3 is 19.4 Å². The first-order chi connectivity index (χ1) is 23.2. The Morgan fingerprint density at radius 2 is 0.553 bits per heavy atom. The van der Waals surface area contributed by atoms with Gasteiger partial charge in [0.25, 0.3) is 0 Å². The van der Waals surface area contributed by atoms with E-state index in [1.165, 1.54) is 232 Å². The minimum atomic E-state index is 0.891. The lowest BCUT2D eigenvalue weighted by atomic mass is 10.1. The molecule has 4 heteroatoms. The number of hydrogen-bond acceptors (Lipinski definition) is 4. The molecule has 0 aliphatic carbocycles. The van der Waals surface area contributed by atoms with Crippen LogP contribution in [-0.4, -0.2) is 87.8 Å². The first-order valence-corrected chi connectivity index (χ1v) is 21.8. The van der Waals surface area contributed by atoms with E-state index in [1.807, 2.05) is 7.11 Å². The Morgan fingerprint density at radius 3 is 0.851 bits per heavy atom. The van der Waals surface area contributed by atoms with Crippen LogP contribution >= 0.6 is 0 Å². The number of rotatable bonds is 41. The zero-order valence-corrected chi connectivity index (χ0v) is 33.6. The summed E-state index contributed by atoms with van der Waals surface area (Å²) in [5, 5.41) is 0. The Labute approximate surface area is 298 Å². The molecular weight excluding hydrogens is 574 g/mol. The van der Waals surface area contributed by atoms with Crippen LogP contribution in [0.2, 0.25) is 0 Å². The molecule has 284 valence electrons. The highest BCUT2D eigenvalue weighted by molar-refractivity contribution is 4.64. The third kappa shape index (κ3) is 36.9. The van der Waals surface area contributed by atoms with Crippen molar-refractivity contribution in [2.75, 3.05) is 73.1 Å². The monoisotopic (exact) mass is 666 g/mol. The molecule has 0 aliphatic heterocycles.